The lowest BCUT2D eigenvalue weighted by Crippen LogP contribution is -2.42. The van der Waals surface area contributed by atoms with Crippen molar-refractivity contribution in [3.63, 3.8) is 0 Å². The second-order valence-corrected chi connectivity index (χ2v) is 7.75. The lowest BCUT2D eigenvalue weighted by molar-refractivity contribution is -0.122. The number of carbonyl (C=O) groups excluding carboxylic acids is 1. The van der Waals surface area contributed by atoms with Crippen LogP contribution in [-0.4, -0.2) is 41.7 Å². The van der Waals surface area contributed by atoms with Crippen molar-refractivity contribution in [2.24, 2.45) is 17.1 Å². The van der Waals surface area contributed by atoms with Gasteiger partial charge >= 0.3 is 0 Å². The molecule has 2 atom stereocenters. The Morgan fingerprint density at radius 1 is 1.30 bits per heavy atom. The zero-order valence-corrected chi connectivity index (χ0v) is 14.5. The van der Waals surface area contributed by atoms with Crippen molar-refractivity contribution in [3.8, 4) is 0 Å². The van der Waals surface area contributed by atoms with Gasteiger partial charge in [0.2, 0.25) is 5.91 Å². The van der Waals surface area contributed by atoms with Crippen LogP contribution >= 0.6 is 11.8 Å². The summed E-state index contributed by atoms with van der Waals surface area (Å²) >= 11 is 1.57. The predicted molar refractivity (Wildman–Crippen MR) is 87.9 cm³/mol. The Morgan fingerprint density at radius 3 is 2.35 bits per heavy atom. The summed E-state index contributed by atoms with van der Waals surface area (Å²) in [7, 11) is 0. The molecule has 1 amide bonds. The van der Waals surface area contributed by atoms with Crippen LogP contribution in [0.4, 0.5) is 0 Å². The van der Waals surface area contributed by atoms with E-state index < -0.39 is 5.60 Å². The van der Waals surface area contributed by atoms with Crippen LogP contribution in [0.15, 0.2) is 0 Å². The standard InChI is InChI=1S/C15H32N2O2S/c1-14(2,3)12(8-9-16)6-7-13(18)17-10-15(4,19)11-20-5/h12,19H,6-11,16H2,1-5H3,(H,17,18). The smallest absolute Gasteiger partial charge is 0.220 e. The highest BCUT2D eigenvalue weighted by molar-refractivity contribution is 7.98. The Labute approximate surface area is 128 Å². The first-order valence-corrected chi connectivity index (χ1v) is 8.70. The highest BCUT2D eigenvalue weighted by Crippen LogP contribution is 2.31. The first-order chi connectivity index (χ1) is 9.12. The maximum Gasteiger partial charge on any atom is 0.220 e. The molecule has 0 saturated heterocycles. The molecular weight excluding hydrogens is 272 g/mol. The van der Waals surface area contributed by atoms with E-state index in [1.165, 1.54) is 0 Å². The molecule has 4 N–H and O–H groups in total. The average molecular weight is 304 g/mol. The minimum Gasteiger partial charge on any atom is -0.387 e. The van der Waals surface area contributed by atoms with Crippen molar-refractivity contribution in [2.75, 3.05) is 25.1 Å². The third-order valence-corrected chi connectivity index (χ3v) is 4.49. The maximum absolute atomic E-state index is 11.9. The number of carbonyl (C=O) groups is 1. The van der Waals surface area contributed by atoms with Gasteiger partial charge in [0.25, 0.3) is 0 Å². The molecular formula is C15H32N2O2S. The van der Waals surface area contributed by atoms with E-state index in [1.54, 1.807) is 18.7 Å². The number of aliphatic hydroxyl groups is 1. The van der Waals surface area contributed by atoms with Crippen molar-refractivity contribution < 1.29 is 9.90 Å². The van der Waals surface area contributed by atoms with E-state index in [2.05, 4.69) is 26.1 Å². The summed E-state index contributed by atoms with van der Waals surface area (Å²) in [5, 5.41) is 12.8. The fourth-order valence-corrected chi connectivity index (χ4v) is 2.98. The van der Waals surface area contributed by atoms with E-state index in [9.17, 15) is 9.90 Å². The molecule has 0 spiro atoms. The number of rotatable bonds is 9. The van der Waals surface area contributed by atoms with E-state index in [-0.39, 0.29) is 11.3 Å². The summed E-state index contributed by atoms with van der Waals surface area (Å²) in [6, 6.07) is 0. The van der Waals surface area contributed by atoms with Crippen molar-refractivity contribution in [1.82, 2.24) is 5.32 Å². The average Bonchev–Trinajstić information content (AvgIpc) is 2.30. The minimum absolute atomic E-state index is 0.0117. The number of amides is 1. The van der Waals surface area contributed by atoms with Crippen molar-refractivity contribution in [3.05, 3.63) is 0 Å². The van der Waals surface area contributed by atoms with Crippen molar-refractivity contribution >= 4 is 17.7 Å². The van der Waals surface area contributed by atoms with Crippen LogP contribution in [0, 0.1) is 11.3 Å². The summed E-state index contributed by atoms with van der Waals surface area (Å²) < 4.78 is 0. The SMILES string of the molecule is CSCC(C)(O)CNC(=O)CCC(CCN)C(C)(C)C. The van der Waals surface area contributed by atoms with Crippen LogP contribution in [0.1, 0.15) is 47.0 Å². The summed E-state index contributed by atoms with van der Waals surface area (Å²) in [5.74, 6) is 1.08. The molecule has 0 rings (SSSR count). The lowest BCUT2D eigenvalue weighted by Gasteiger charge is -2.30. The van der Waals surface area contributed by atoms with Gasteiger partial charge in [0.05, 0.1) is 5.60 Å². The van der Waals surface area contributed by atoms with Crippen molar-refractivity contribution in [2.45, 2.75) is 52.6 Å². The summed E-state index contributed by atoms with van der Waals surface area (Å²) in [5.41, 5.74) is 4.98. The van der Waals surface area contributed by atoms with Gasteiger partial charge in [0, 0.05) is 18.7 Å². The second-order valence-electron chi connectivity index (χ2n) is 6.89. The first-order valence-electron chi connectivity index (χ1n) is 7.30. The predicted octanol–water partition coefficient (Wildman–Crippen LogP) is 2.01. The summed E-state index contributed by atoms with van der Waals surface area (Å²) in [6.07, 6.45) is 4.23. The Hall–Kier alpha value is -0.260. The van der Waals surface area contributed by atoms with E-state index >= 15 is 0 Å². The fraction of sp³-hybridized carbons (Fsp3) is 0.933. The fourth-order valence-electron chi connectivity index (χ4n) is 2.26. The number of nitrogens with one attached hydrogen (secondary N) is 1. The molecule has 0 aliphatic heterocycles. The van der Waals surface area contributed by atoms with E-state index in [0.717, 1.165) is 12.8 Å². The third kappa shape index (κ3) is 8.82. The van der Waals surface area contributed by atoms with Gasteiger partial charge in [0.1, 0.15) is 0 Å². The molecule has 0 aliphatic rings. The van der Waals surface area contributed by atoms with Crippen molar-refractivity contribution in [1.29, 1.82) is 0 Å². The number of thioether (sulfide) groups is 1. The topological polar surface area (TPSA) is 75.3 Å². The molecule has 0 aliphatic carbocycles. The van der Waals surface area contributed by atoms with Crippen LogP contribution in [0.25, 0.3) is 0 Å². The Bertz CT molecular complexity index is 288. The normalized spacial score (nSPS) is 16.6. The van der Waals surface area contributed by atoms with Crippen LogP contribution in [0.3, 0.4) is 0 Å². The van der Waals surface area contributed by atoms with Gasteiger partial charge < -0.3 is 16.2 Å². The molecule has 0 aromatic heterocycles. The van der Waals surface area contributed by atoms with Crippen LogP contribution < -0.4 is 11.1 Å². The number of nitrogens with two attached hydrogens (primary N) is 1. The van der Waals surface area contributed by atoms with E-state index in [1.807, 2.05) is 6.26 Å². The molecule has 5 heteroatoms. The van der Waals surface area contributed by atoms with Gasteiger partial charge in [-0.1, -0.05) is 20.8 Å². The number of hydrogen-bond donors (Lipinski definition) is 3. The molecule has 0 fully saturated rings. The zero-order valence-electron chi connectivity index (χ0n) is 13.7. The zero-order chi connectivity index (χ0) is 15.8. The van der Waals surface area contributed by atoms with Crippen LogP contribution in [0.2, 0.25) is 0 Å². The Kier molecular flexibility index (Phi) is 8.79. The highest BCUT2D eigenvalue weighted by Gasteiger charge is 2.25. The number of hydrogen-bond acceptors (Lipinski definition) is 4. The first kappa shape index (κ1) is 19.7. The molecule has 20 heavy (non-hydrogen) atoms. The molecule has 0 radical (unpaired) electrons. The van der Waals surface area contributed by atoms with Crippen LogP contribution in [0.5, 0.6) is 0 Å². The lowest BCUT2D eigenvalue weighted by atomic mass is 9.76. The molecule has 120 valence electrons. The largest absolute Gasteiger partial charge is 0.387 e. The Morgan fingerprint density at radius 2 is 1.90 bits per heavy atom. The van der Waals surface area contributed by atoms with Gasteiger partial charge in [-0.3, -0.25) is 4.79 Å². The van der Waals surface area contributed by atoms with Gasteiger partial charge in [-0.25, -0.2) is 0 Å². The molecule has 0 bridgehead atoms. The third-order valence-electron chi connectivity index (χ3n) is 3.58. The quantitative estimate of drug-likeness (QED) is 0.609. The molecule has 2 unspecified atom stereocenters. The van der Waals surface area contributed by atoms with E-state index in [0.29, 0.717) is 31.2 Å². The van der Waals surface area contributed by atoms with Gasteiger partial charge in [-0.05, 0) is 43.9 Å². The van der Waals surface area contributed by atoms with Gasteiger partial charge in [-0.2, -0.15) is 11.8 Å². The molecule has 0 aromatic carbocycles. The maximum atomic E-state index is 11.9. The highest BCUT2D eigenvalue weighted by atomic mass is 32.2. The molecule has 0 saturated carbocycles. The second kappa shape index (κ2) is 8.90. The summed E-state index contributed by atoms with van der Waals surface area (Å²) in [4.78, 5) is 11.9. The monoisotopic (exact) mass is 304 g/mol. The van der Waals surface area contributed by atoms with Crippen LogP contribution in [-0.2, 0) is 4.79 Å². The molecule has 0 heterocycles. The molecule has 4 nitrogen and oxygen atoms in total. The van der Waals surface area contributed by atoms with E-state index in [4.69, 9.17) is 5.73 Å². The van der Waals surface area contributed by atoms with Gasteiger partial charge in [0.15, 0.2) is 0 Å². The Balaban J connectivity index is 4.14. The molecule has 0 aromatic rings. The summed E-state index contributed by atoms with van der Waals surface area (Å²) in [6.45, 7) is 9.28. The minimum atomic E-state index is -0.838. The van der Waals surface area contributed by atoms with Gasteiger partial charge in [-0.15, -0.1) is 0 Å².